The molecule has 7 nitrogen and oxygen atoms in total. The number of sulfonamides is 1. The molecule has 158 valence electrons. The second-order valence-electron chi connectivity index (χ2n) is 7.15. The first-order valence-electron chi connectivity index (χ1n) is 9.80. The summed E-state index contributed by atoms with van der Waals surface area (Å²) in [5.41, 5.74) is 1.19. The van der Waals surface area contributed by atoms with Crippen LogP contribution in [0.3, 0.4) is 0 Å². The largest absolute Gasteiger partial charge is 0.379 e. The normalized spacial score (nSPS) is 15.4. The first-order chi connectivity index (χ1) is 15.0. The second kappa shape index (κ2) is 8.01. The Labute approximate surface area is 183 Å². The van der Waals surface area contributed by atoms with E-state index in [0.29, 0.717) is 37.0 Å². The molecule has 1 aliphatic heterocycles. The lowest BCUT2D eigenvalue weighted by Crippen LogP contribution is -2.40. The number of carbonyl (C=O) groups excluding carboxylic acids is 1. The molecule has 0 saturated carbocycles. The van der Waals surface area contributed by atoms with Crippen molar-refractivity contribution >= 4 is 53.4 Å². The summed E-state index contributed by atoms with van der Waals surface area (Å²) in [6.45, 7) is 1.43. The van der Waals surface area contributed by atoms with E-state index < -0.39 is 10.0 Å². The van der Waals surface area contributed by atoms with Gasteiger partial charge in [0.05, 0.1) is 28.3 Å². The third-order valence-corrected chi connectivity index (χ3v) is 8.16. The van der Waals surface area contributed by atoms with Crippen molar-refractivity contribution in [2.75, 3.05) is 31.6 Å². The molecule has 1 amide bonds. The Balaban J connectivity index is 1.36. The molecule has 1 fully saturated rings. The summed E-state index contributed by atoms with van der Waals surface area (Å²) in [7, 11) is -3.59. The topological polar surface area (TPSA) is 88.6 Å². The van der Waals surface area contributed by atoms with E-state index >= 15 is 0 Å². The van der Waals surface area contributed by atoms with Gasteiger partial charge in [-0.15, -0.1) is 0 Å². The summed E-state index contributed by atoms with van der Waals surface area (Å²) in [5, 5.41) is 5.54. The predicted octanol–water partition coefficient (Wildman–Crippen LogP) is 3.72. The maximum absolute atomic E-state index is 12.7. The van der Waals surface area contributed by atoms with Gasteiger partial charge in [0.25, 0.3) is 5.91 Å². The zero-order valence-corrected chi connectivity index (χ0v) is 18.1. The minimum Gasteiger partial charge on any atom is -0.379 e. The molecular formula is C22H19N3O4S2. The smallest absolute Gasteiger partial charge is 0.257 e. The van der Waals surface area contributed by atoms with Crippen LogP contribution in [0.25, 0.3) is 21.0 Å². The van der Waals surface area contributed by atoms with Gasteiger partial charge < -0.3 is 4.74 Å². The Morgan fingerprint density at radius 1 is 1.00 bits per heavy atom. The van der Waals surface area contributed by atoms with E-state index in [1.165, 1.54) is 39.9 Å². The average molecular weight is 454 g/mol. The lowest BCUT2D eigenvalue weighted by atomic mass is 10.1. The maximum Gasteiger partial charge on any atom is 0.257 e. The zero-order chi connectivity index (χ0) is 21.4. The Hall–Kier alpha value is -2.85. The highest BCUT2D eigenvalue weighted by Crippen LogP contribution is 2.32. The van der Waals surface area contributed by atoms with Crippen LogP contribution in [0.5, 0.6) is 0 Å². The summed E-state index contributed by atoms with van der Waals surface area (Å²) in [4.78, 5) is 17.4. The number of anilines is 1. The van der Waals surface area contributed by atoms with Crippen molar-refractivity contribution in [1.29, 1.82) is 0 Å². The van der Waals surface area contributed by atoms with Gasteiger partial charge in [-0.1, -0.05) is 41.7 Å². The van der Waals surface area contributed by atoms with E-state index in [1.54, 1.807) is 0 Å². The molecule has 0 spiro atoms. The van der Waals surface area contributed by atoms with Crippen LogP contribution in [0, 0.1) is 0 Å². The lowest BCUT2D eigenvalue weighted by Gasteiger charge is -2.26. The minimum atomic E-state index is -3.59. The number of benzene rings is 3. The van der Waals surface area contributed by atoms with Crippen LogP contribution in [0.4, 0.5) is 5.13 Å². The van der Waals surface area contributed by atoms with Crippen molar-refractivity contribution < 1.29 is 17.9 Å². The summed E-state index contributed by atoms with van der Waals surface area (Å²) in [5.74, 6) is -0.335. The average Bonchev–Trinajstić information content (AvgIpc) is 3.23. The quantitative estimate of drug-likeness (QED) is 0.509. The highest BCUT2D eigenvalue weighted by molar-refractivity contribution is 7.89. The highest BCUT2D eigenvalue weighted by Gasteiger charge is 2.26. The van der Waals surface area contributed by atoms with Crippen LogP contribution >= 0.6 is 11.3 Å². The Morgan fingerprint density at radius 2 is 1.74 bits per heavy atom. The van der Waals surface area contributed by atoms with Crippen molar-refractivity contribution in [2.24, 2.45) is 0 Å². The number of aromatic nitrogens is 1. The van der Waals surface area contributed by atoms with E-state index in [1.807, 2.05) is 36.4 Å². The molecule has 0 atom stereocenters. The van der Waals surface area contributed by atoms with Gasteiger partial charge in [0, 0.05) is 24.0 Å². The van der Waals surface area contributed by atoms with Crippen molar-refractivity contribution in [1.82, 2.24) is 9.29 Å². The third-order valence-electron chi connectivity index (χ3n) is 5.22. The summed E-state index contributed by atoms with van der Waals surface area (Å²) in [6, 6.07) is 18.0. The van der Waals surface area contributed by atoms with Gasteiger partial charge in [-0.2, -0.15) is 4.31 Å². The first kappa shape index (κ1) is 20.1. The van der Waals surface area contributed by atoms with E-state index in [0.717, 1.165) is 21.0 Å². The SMILES string of the molecule is O=C(Nc1nc2ccc3ccccc3c2s1)c1ccc(S(=O)(=O)N2CCOCC2)cc1. The Morgan fingerprint density at radius 3 is 2.52 bits per heavy atom. The number of carbonyl (C=O) groups is 1. The molecule has 1 N–H and O–H groups in total. The number of fused-ring (bicyclic) bond motifs is 3. The monoisotopic (exact) mass is 453 g/mol. The van der Waals surface area contributed by atoms with Gasteiger partial charge in [0.15, 0.2) is 5.13 Å². The molecule has 0 radical (unpaired) electrons. The predicted molar refractivity (Wildman–Crippen MR) is 121 cm³/mol. The molecule has 3 aromatic carbocycles. The zero-order valence-electron chi connectivity index (χ0n) is 16.4. The van der Waals surface area contributed by atoms with Crippen LogP contribution in [-0.2, 0) is 14.8 Å². The summed E-state index contributed by atoms with van der Waals surface area (Å²) in [6.07, 6.45) is 0. The maximum atomic E-state index is 12.7. The first-order valence-corrected chi connectivity index (χ1v) is 12.1. The molecule has 0 aliphatic carbocycles. The van der Waals surface area contributed by atoms with Gasteiger partial charge in [0.1, 0.15) is 0 Å². The molecule has 1 aliphatic rings. The number of nitrogens with zero attached hydrogens (tertiary/aromatic N) is 2. The number of nitrogens with one attached hydrogen (secondary N) is 1. The molecular weight excluding hydrogens is 434 g/mol. The van der Waals surface area contributed by atoms with Gasteiger partial charge in [-0.05, 0) is 35.7 Å². The fraction of sp³-hybridized carbons (Fsp3) is 0.182. The standard InChI is InChI=1S/C22H19N3O4S2/c26-21(16-5-8-17(9-6-16)31(27,28)25-11-13-29-14-12-25)24-22-23-19-10-7-15-3-1-2-4-18(15)20(19)30-22/h1-10H,11-14H2,(H,23,24,26). The van der Waals surface area contributed by atoms with Crippen LogP contribution in [0.2, 0.25) is 0 Å². The molecule has 4 aromatic rings. The summed E-state index contributed by atoms with van der Waals surface area (Å²) < 4.78 is 33.1. The molecule has 9 heteroatoms. The van der Waals surface area contributed by atoms with Crippen molar-refractivity contribution in [3.8, 4) is 0 Å². The molecule has 1 saturated heterocycles. The Kier molecular flexibility index (Phi) is 5.19. The van der Waals surface area contributed by atoms with Crippen LogP contribution in [0.15, 0.2) is 65.6 Å². The highest BCUT2D eigenvalue weighted by atomic mass is 32.2. The molecule has 1 aromatic heterocycles. The van der Waals surface area contributed by atoms with Gasteiger partial charge in [-0.25, -0.2) is 13.4 Å². The Bertz CT molecular complexity index is 1380. The van der Waals surface area contributed by atoms with Crippen molar-refractivity contribution in [2.45, 2.75) is 4.90 Å². The van der Waals surface area contributed by atoms with E-state index in [2.05, 4.69) is 10.3 Å². The molecule has 2 heterocycles. The van der Waals surface area contributed by atoms with Crippen LogP contribution in [-0.4, -0.2) is 49.9 Å². The number of morpholine rings is 1. The number of amides is 1. The second-order valence-corrected chi connectivity index (χ2v) is 10.1. The van der Waals surface area contributed by atoms with Crippen molar-refractivity contribution in [3.63, 3.8) is 0 Å². The van der Waals surface area contributed by atoms with Gasteiger partial charge in [0.2, 0.25) is 10.0 Å². The van der Waals surface area contributed by atoms with E-state index in [4.69, 9.17) is 4.74 Å². The fourth-order valence-corrected chi connectivity index (χ4v) is 6.00. The van der Waals surface area contributed by atoms with Gasteiger partial charge >= 0.3 is 0 Å². The van der Waals surface area contributed by atoms with Crippen LogP contribution < -0.4 is 5.32 Å². The molecule has 0 bridgehead atoms. The lowest BCUT2D eigenvalue weighted by molar-refractivity contribution is 0.0730. The third kappa shape index (κ3) is 3.81. The van der Waals surface area contributed by atoms with Gasteiger partial charge in [-0.3, -0.25) is 10.1 Å². The number of thiazole rings is 1. The van der Waals surface area contributed by atoms with Crippen molar-refractivity contribution in [3.05, 3.63) is 66.2 Å². The minimum absolute atomic E-state index is 0.164. The van der Waals surface area contributed by atoms with E-state index in [-0.39, 0.29) is 10.8 Å². The number of hydrogen-bond donors (Lipinski definition) is 1. The molecule has 31 heavy (non-hydrogen) atoms. The van der Waals surface area contributed by atoms with E-state index in [9.17, 15) is 13.2 Å². The number of hydrogen-bond acceptors (Lipinski definition) is 6. The number of rotatable bonds is 4. The fourth-order valence-electron chi connectivity index (χ4n) is 3.59. The van der Waals surface area contributed by atoms with Crippen LogP contribution in [0.1, 0.15) is 10.4 Å². The summed E-state index contributed by atoms with van der Waals surface area (Å²) >= 11 is 1.42. The molecule has 0 unspecified atom stereocenters. The molecule has 5 rings (SSSR count). The number of ether oxygens (including phenoxy) is 1.